The van der Waals surface area contributed by atoms with Crippen LogP contribution in [0.3, 0.4) is 0 Å². The van der Waals surface area contributed by atoms with Crippen molar-refractivity contribution in [2.75, 3.05) is 0 Å². The quantitative estimate of drug-likeness (QED) is 0.829. The van der Waals surface area contributed by atoms with Gasteiger partial charge < -0.3 is 9.84 Å². The van der Waals surface area contributed by atoms with E-state index >= 15 is 0 Å². The normalized spacial score (nSPS) is 13.8. The van der Waals surface area contributed by atoms with E-state index in [0.717, 1.165) is 0 Å². The molecule has 2 nitrogen and oxygen atoms in total. The number of hydrogen-bond donors (Lipinski definition) is 1. The van der Waals surface area contributed by atoms with Crippen LogP contribution in [-0.4, -0.2) is 17.3 Å². The highest BCUT2D eigenvalue weighted by atomic mass is 79.9. The van der Waals surface area contributed by atoms with Crippen molar-refractivity contribution in [2.45, 2.75) is 25.6 Å². The van der Waals surface area contributed by atoms with Gasteiger partial charge in [0.2, 0.25) is 0 Å². The molecule has 2 aromatic carbocycles. The van der Waals surface area contributed by atoms with Crippen LogP contribution in [0.25, 0.3) is 0 Å². The van der Waals surface area contributed by atoms with Gasteiger partial charge in [0.25, 0.3) is 0 Å². The second-order valence-corrected chi connectivity index (χ2v) is 5.99. The summed E-state index contributed by atoms with van der Waals surface area (Å²) in [6.45, 7) is 1.76. The average Bonchev–Trinajstić information content (AvgIpc) is 2.44. The first-order chi connectivity index (χ1) is 9.97. The molecular formula is C16H15BrClFO2. The Morgan fingerprint density at radius 1 is 1.29 bits per heavy atom. The maximum Gasteiger partial charge on any atom is 0.137 e. The predicted molar refractivity (Wildman–Crippen MR) is 85.4 cm³/mol. The van der Waals surface area contributed by atoms with E-state index in [1.807, 2.05) is 0 Å². The van der Waals surface area contributed by atoms with Crippen molar-refractivity contribution >= 4 is 27.5 Å². The minimum absolute atomic E-state index is 0.292. The molecule has 1 N–H and O–H groups in total. The van der Waals surface area contributed by atoms with Crippen LogP contribution in [0.15, 0.2) is 46.9 Å². The Kier molecular flexibility index (Phi) is 5.62. The summed E-state index contributed by atoms with van der Waals surface area (Å²) in [6, 6.07) is 11.7. The Morgan fingerprint density at radius 3 is 2.71 bits per heavy atom. The highest BCUT2D eigenvalue weighted by molar-refractivity contribution is 9.10. The van der Waals surface area contributed by atoms with Gasteiger partial charge in [-0.25, -0.2) is 4.39 Å². The molecule has 0 radical (unpaired) electrons. The van der Waals surface area contributed by atoms with Crippen molar-refractivity contribution < 1.29 is 14.2 Å². The van der Waals surface area contributed by atoms with Crippen LogP contribution in [0.5, 0.6) is 5.75 Å². The van der Waals surface area contributed by atoms with Crippen LogP contribution in [0.1, 0.15) is 12.5 Å². The Morgan fingerprint density at radius 2 is 2.00 bits per heavy atom. The first kappa shape index (κ1) is 16.3. The van der Waals surface area contributed by atoms with Gasteiger partial charge in [0, 0.05) is 11.4 Å². The third kappa shape index (κ3) is 4.43. The van der Waals surface area contributed by atoms with E-state index in [-0.39, 0.29) is 5.82 Å². The molecule has 0 heterocycles. The Balaban J connectivity index is 2.02. The van der Waals surface area contributed by atoms with E-state index < -0.39 is 12.2 Å². The third-order valence-corrected chi connectivity index (χ3v) is 4.24. The summed E-state index contributed by atoms with van der Waals surface area (Å²) in [5.41, 5.74) is 0.698. The zero-order chi connectivity index (χ0) is 15.4. The molecule has 21 heavy (non-hydrogen) atoms. The number of hydrogen-bond acceptors (Lipinski definition) is 2. The molecule has 5 heteroatoms. The fourth-order valence-corrected chi connectivity index (χ4v) is 2.54. The minimum atomic E-state index is -0.762. The SMILES string of the molecule is CC(Oc1cccc(Cl)c1)C(O)Cc1cccc(F)c1Br. The Hall–Kier alpha value is -1.10. The molecule has 0 aliphatic heterocycles. The van der Waals surface area contributed by atoms with Crippen LogP contribution in [-0.2, 0) is 6.42 Å². The van der Waals surface area contributed by atoms with Crippen LogP contribution in [0.4, 0.5) is 4.39 Å². The van der Waals surface area contributed by atoms with Crippen LogP contribution in [0, 0.1) is 5.82 Å². The van der Waals surface area contributed by atoms with Gasteiger partial charge in [0.1, 0.15) is 17.7 Å². The van der Waals surface area contributed by atoms with Gasteiger partial charge in [0.15, 0.2) is 0 Å². The van der Waals surface area contributed by atoms with Gasteiger partial charge in [0.05, 0.1) is 10.6 Å². The number of rotatable bonds is 5. The second-order valence-electron chi connectivity index (χ2n) is 4.76. The summed E-state index contributed by atoms with van der Waals surface area (Å²) >= 11 is 9.08. The third-order valence-electron chi connectivity index (χ3n) is 3.12. The van der Waals surface area contributed by atoms with Crippen LogP contribution in [0.2, 0.25) is 5.02 Å². The molecule has 0 aliphatic rings. The first-order valence-electron chi connectivity index (χ1n) is 6.50. The summed E-state index contributed by atoms with van der Waals surface area (Å²) in [4.78, 5) is 0. The van der Waals surface area contributed by atoms with E-state index in [0.29, 0.717) is 27.2 Å². The monoisotopic (exact) mass is 372 g/mol. The highest BCUT2D eigenvalue weighted by Crippen LogP contribution is 2.24. The number of halogens is 3. The van der Waals surface area contributed by atoms with Crippen molar-refractivity contribution in [1.29, 1.82) is 0 Å². The van der Waals surface area contributed by atoms with Crippen molar-refractivity contribution in [3.63, 3.8) is 0 Å². The Bertz CT molecular complexity index is 621. The topological polar surface area (TPSA) is 29.5 Å². The molecule has 0 bridgehead atoms. The largest absolute Gasteiger partial charge is 0.488 e. The van der Waals surface area contributed by atoms with E-state index in [1.165, 1.54) is 6.07 Å². The summed E-state index contributed by atoms with van der Waals surface area (Å²) in [6.07, 6.45) is -0.916. The molecule has 2 aromatic rings. The van der Waals surface area contributed by atoms with Gasteiger partial charge in [-0.3, -0.25) is 0 Å². The van der Waals surface area contributed by atoms with Gasteiger partial charge in [-0.2, -0.15) is 0 Å². The second kappa shape index (κ2) is 7.25. The van der Waals surface area contributed by atoms with Gasteiger partial charge in [-0.05, 0) is 52.7 Å². The maximum absolute atomic E-state index is 13.4. The fourth-order valence-electron chi connectivity index (χ4n) is 1.93. The molecule has 0 saturated heterocycles. The van der Waals surface area contributed by atoms with Crippen LogP contribution >= 0.6 is 27.5 Å². The molecule has 0 fully saturated rings. The molecule has 0 saturated carbocycles. The maximum atomic E-state index is 13.4. The first-order valence-corrected chi connectivity index (χ1v) is 7.67. The summed E-state index contributed by atoms with van der Waals surface area (Å²) in [5.74, 6) is 0.246. The van der Waals surface area contributed by atoms with Gasteiger partial charge >= 0.3 is 0 Å². The molecule has 0 aromatic heterocycles. The zero-order valence-corrected chi connectivity index (χ0v) is 13.7. The number of aliphatic hydroxyl groups is 1. The van der Waals surface area contributed by atoms with E-state index in [9.17, 15) is 9.50 Å². The standard InChI is InChI=1S/C16H15BrClFO2/c1-10(21-13-6-3-5-12(18)9-13)15(20)8-11-4-2-7-14(19)16(11)17/h2-7,9-10,15,20H,8H2,1H3. The molecule has 2 unspecified atom stereocenters. The number of aliphatic hydroxyl groups excluding tert-OH is 1. The lowest BCUT2D eigenvalue weighted by atomic mass is 10.0. The zero-order valence-electron chi connectivity index (χ0n) is 11.4. The lowest BCUT2D eigenvalue weighted by Gasteiger charge is -2.21. The predicted octanol–water partition coefficient (Wildman–Crippen LogP) is 4.61. The van der Waals surface area contributed by atoms with E-state index in [1.54, 1.807) is 43.3 Å². The molecule has 0 amide bonds. The van der Waals surface area contributed by atoms with Gasteiger partial charge in [-0.1, -0.05) is 29.8 Å². The Labute approximate surface area is 136 Å². The van der Waals surface area contributed by atoms with Crippen molar-refractivity contribution in [1.82, 2.24) is 0 Å². The summed E-state index contributed by atoms with van der Waals surface area (Å²) in [7, 11) is 0. The van der Waals surface area contributed by atoms with Crippen molar-refractivity contribution in [3.05, 3.63) is 63.3 Å². The van der Waals surface area contributed by atoms with E-state index in [2.05, 4.69) is 15.9 Å². The number of benzene rings is 2. The van der Waals surface area contributed by atoms with Gasteiger partial charge in [-0.15, -0.1) is 0 Å². The van der Waals surface area contributed by atoms with E-state index in [4.69, 9.17) is 16.3 Å². The van der Waals surface area contributed by atoms with Crippen molar-refractivity contribution in [3.8, 4) is 5.75 Å². The summed E-state index contributed by atoms with van der Waals surface area (Å²) < 4.78 is 19.5. The molecule has 2 rings (SSSR count). The minimum Gasteiger partial charge on any atom is -0.488 e. The highest BCUT2D eigenvalue weighted by Gasteiger charge is 2.18. The molecular weight excluding hydrogens is 359 g/mol. The molecule has 112 valence electrons. The lowest BCUT2D eigenvalue weighted by Crippen LogP contribution is -2.30. The number of ether oxygens (including phenoxy) is 1. The molecule has 0 spiro atoms. The summed E-state index contributed by atoms with van der Waals surface area (Å²) in [5, 5.41) is 10.8. The molecule has 2 atom stereocenters. The lowest BCUT2D eigenvalue weighted by molar-refractivity contribution is 0.0477. The smallest absolute Gasteiger partial charge is 0.137 e. The van der Waals surface area contributed by atoms with Crippen LogP contribution < -0.4 is 4.74 Å². The van der Waals surface area contributed by atoms with Crippen molar-refractivity contribution in [2.24, 2.45) is 0 Å². The fraction of sp³-hybridized carbons (Fsp3) is 0.250. The average molecular weight is 374 g/mol. The molecule has 0 aliphatic carbocycles.